The predicted octanol–water partition coefficient (Wildman–Crippen LogP) is 3.87. The zero-order valence-electron chi connectivity index (χ0n) is 14.4. The lowest BCUT2D eigenvalue weighted by molar-refractivity contribution is -0.114. The van der Waals surface area contributed by atoms with Gasteiger partial charge in [0, 0.05) is 11.8 Å². The first-order chi connectivity index (χ1) is 11.2. The number of hydrogen-bond acceptors (Lipinski definition) is 3. The highest BCUT2D eigenvalue weighted by atomic mass is 32.1. The van der Waals surface area contributed by atoms with Crippen LogP contribution in [0.5, 0.6) is 0 Å². The number of primary amides is 1. The molecule has 0 spiro atoms. The molecule has 0 atom stereocenters. The fraction of sp³-hybridized carbons (Fsp3) is 0.368. The average molecular weight is 342 g/mol. The lowest BCUT2D eigenvalue weighted by atomic mass is 9.82. The maximum Gasteiger partial charge on any atom is 0.252 e. The van der Waals surface area contributed by atoms with Crippen molar-refractivity contribution < 1.29 is 9.59 Å². The molecule has 0 bridgehead atoms. The Morgan fingerprint density at radius 2 is 1.92 bits per heavy atom. The number of hydrogen-bond donors (Lipinski definition) is 2. The van der Waals surface area contributed by atoms with Crippen molar-refractivity contribution in [2.24, 2.45) is 5.73 Å². The summed E-state index contributed by atoms with van der Waals surface area (Å²) in [7, 11) is 0. The monoisotopic (exact) mass is 342 g/mol. The van der Waals surface area contributed by atoms with E-state index in [1.165, 1.54) is 29.4 Å². The molecule has 5 heteroatoms. The van der Waals surface area contributed by atoms with Crippen molar-refractivity contribution in [2.45, 2.75) is 46.0 Å². The molecule has 2 aromatic rings. The van der Waals surface area contributed by atoms with Gasteiger partial charge in [0.15, 0.2) is 0 Å². The van der Waals surface area contributed by atoms with Gasteiger partial charge in [0.2, 0.25) is 5.91 Å². The SMILES string of the molecule is CC(=O)Nc1sc2c(c1C(N)=O)CCc1ccc(C(C)(C)C)cc1-2. The standard InChI is InChI=1S/C19H22N2O2S/c1-10(22)21-18-15(17(20)23)13-8-6-11-5-7-12(19(2,3)4)9-14(11)16(13)24-18/h5,7,9H,6,8H2,1-4H3,(H2,20,23)(H,21,22). The Balaban J connectivity index is 2.21. The smallest absolute Gasteiger partial charge is 0.252 e. The second-order valence-electron chi connectivity index (χ2n) is 7.28. The van der Waals surface area contributed by atoms with Crippen molar-refractivity contribution in [1.29, 1.82) is 0 Å². The number of aryl methyl sites for hydroxylation is 1. The number of rotatable bonds is 2. The number of carbonyl (C=O) groups is 2. The molecule has 1 heterocycles. The van der Waals surface area contributed by atoms with Crippen LogP contribution in [0, 0.1) is 0 Å². The molecule has 0 saturated heterocycles. The minimum absolute atomic E-state index is 0.0525. The van der Waals surface area contributed by atoms with E-state index in [0.717, 1.165) is 28.8 Å². The number of anilines is 1. The average Bonchev–Trinajstić information content (AvgIpc) is 2.83. The molecule has 1 aromatic heterocycles. The van der Waals surface area contributed by atoms with E-state index in [2.05, 4.69) is 44.3 Å². The number of fused-ring (bicyclic) bond motifs is 3. The number of nitrogens with one attached hydrogen (secondary N) is 1. The maximum atomic E-state index is 12.0. The molecule has 4 nitrogen and oxygen atoms in total. The highest BCUT2D eigenvalue weighted by molar-refractivity contribution is 7.20. The van der Waals surface area contributed by atoms with Crippen LogP contribution < -0.4 is 11.1 Å². The molecule has 1 aliphatic carbocycles. The van der Waals surface area contributed by atoms with E-state index in [9.17, 15) is 9.59 Å². The molecule has 0 saturated carbocycles. The van der Waals surface area contributed by atoms with Crippen molar-refractivity contribution in [3.63, 3.8) is 0 Å². The number of carbonyl (C=O) groups excluding carboxylic acids is 2. The van der Waals surface area contributed by atoms with Crippen molar-refractivity contribution in [1.82, 2.24) is 0 Å². The topological polar surface area (TPSA) is 72.2 Å². The van der Waals surface area contributed by atoms with Crippen molar-refractivity contribution in [2.75, 3.05) is 5.32 Å². The Kier molecular flexibility index (Phi) is 4.00. The van der Waals surface area contributed by atoms with Crippen LogP contribution in [0.3, 0.4) is 0 Å². The van der Waals surface area contributed by atoms with E-state index in [-0.39, 0.29) is 11.3 Å². The van der Waals surface area contributed by atoms with Crippen molar-refractivity contribution >= 4 is 28.2 Å². The van der Waals surface area contributed by atoms with Gasteiger partial charge < -0.3 is 11.1 Å². The Labute approximate surface area is 146 Å². The minimum atomic E-state index is -0.480. The Morgan fingerprint density at radius 3 is 2.50 bits per heavy atom. The molecule has 1 aromatic carbocycles. The second kappa shape index (κ2) is 5.74. The van der Waals surface area contributed by atoms with Gasteiger partial charge in [-0.05, 0) is 46.6 Å². The highest BCUT2D eigenvalue weighted by Crippen LogP contribution is 2.46. The summed E-state index contributed by atoms with van der Waals surface area (Å²) in [4.78, 5) is 24.5. The summed E-state index contributed by atoms with van der Waals surface area (Å²) >= 11 is 1.45. The molecular weight excluding hydrogens is 320 g/mol. The minimum Gasteiger partial charge on any atom is -0.365 e. The van der Waals surface area contributed by atoms with Crippen molar-refractivity contribution in [3.05, 3.63) is 40.5 Å². The molecule has 0 fully saturated rings. The summed E-state index contributed by atoms with van der Waals surface area (Å²) in [6, 6.07) is 6.58. The van der Waals surface area contributed by atoms with E-state index in [0.29, 0.717) is 10.6 Å². The first-order valence-electron chi connectivity index (χ1n) is 8.05. The molecule has 0 radical (unpaired) electrons. The molecule has 1 aliphatic rings. The Bertz CT molecular complexity index is 844. The third kappa shape index (κ3) is 2.84. The fourth-order valence-corrected chi connectivity index (χ4v) is 4.51. The zero-order valence-corrected chi connectivity index (χ0v) is 15.3. The van der Waals surface area contributed by atoms with Crippen LogP contribution in [0.4, 0.5) is 5.00 Å². The quantitative estimate of drug-likeness (QED) is 0.869. The molecule has 24 heavy (non-hydrogen) atoms. The molecule has 3 rings (SSSR count). The normalized spacial score (nSPS) is 13.2. The van der Waals surface area contributed by atoms with E-state index in [1.54, 1.807) is 0 Å². The molecule has 3 N–H and O–H groups in total. The lowest BCUT2D eigenvalue weighted by Crippen LogP contribution is -2.17. The van der Waals surface area contributed by atoms with Gasteiger partial charge in [-0.15, -0.1) is 11.3 Å². The van der Waals surface area contributed by atoms with Gasteiger partial charge in [-0.1, -0.05) is 32.9 Å². The van der Waals surface area contributed by atoms with Gasteiger partial charge in [-0.25, -0.2) is 0 Å². The van der Waals surface area contributed by atoms with Crippen LogP contribution in [0.2, 0.25) is 0 Å². The third-order valence-electron chi connectivity index (χ3n) is 4.41. The molecule has 0 aliphatic heterocycles. The first kappa shape index (κ1) is 16.7. The Hall–Kier alpha value is -2.14. The first-order valence-corrected chi connectivity index (χ1v) is 8.87. The largest absolute Gasteiger partial charge is 0.365 e. The predicted molar refractivity (Wildman–Crippen MR) is 98.7 cm³/mol. The summed E-state index contributed by atoms with van der Waals surface area (Å²) < 4.78 is 0. The number of amides is 2. The summed E-state index contributed by atoms with van der Waals surface area (Å²) in [5.41, 5.74) is 10.8. The van der Waals surface area contributed by atoms with Crippen LogP contribution in [-0.4, -0.2) is 11.8 Å². The number of benzene rings is 1. The maximum absolute atomic E-state index is 12.0. The van der Waals surface area contributed by atoms with E-state index < -0.39 is 5.91 Å². The number of nitrogens with two attached hydrogens (primary N) is 1. The van der Waals surface area contributed by atoms with Gasteiger partial charge in [-0.2, -0.15) is 0 Å². The van der Waals surface area contributed by atoms with Gasteiger partial charge >= 0.3 is 0 Å². The van der Waals surface area contributed by atoms with Gasteiger partial charge in [0.05, 0.1) is 5.56 Å². The van der Waals surface area contributed by atoms with Gasteiger partial charge in [0.25, 0.3) is 5.91 Å². The third-order valence-corrected chi connectivity index (χ3v) is 5.59. The fourth-order valence-electron chi connectivity index (χ4n) is 3.16. The van der Waals surface area contributed by atoms with Crippen LogP contribution in [0.15, 0.2) is 18.2 Å². The summed E-state index contributed by atoms with van der Waals surface area (Å²) in [5.74, 6) is -0.675. The number of thiophene rings is 1. The molecule has 126 valence electrons. The summed E-state index contributed by atoms with van der Waals surface area (Å²) in [5, 5.41) is 3.33. The highest BCUT2D eigenvalue weighted by Gasteiger charge is 2.28. The molecule has 2 amide bonds. The summed E-state index contributed by atoms with van der Waals surface area (Å²) in [6.07, 6.45) is 1.65. The lowest BCUT2D eigenvalue weighted by Gasteiger charge is -2.23. The zero-order chi connectivity index (χ0) is 17.6. The Morgan fingerprint density at radius 1 is 1.21 bits per heavy atom. The molecular formula is C19H22N2O2S. The van der Waals surface area contributed by atoms with E-state index in [4.69, 9.17) is 5.73 Å². The van der Waals surface area contributed by atoms with Gasteiger partial charge in [-0.3, -0.25) is 9.59 Å². The van der Waals surface area contributed by atoms with E-state index >= 15 is 0 Å². The van der Waals surface area contributed by atoms with Crippen LogP contribution in [0.1, 0.15) is 54.7 Å². The summed E-state index contributed by atoms with van der Waals surface area (Å²) in [6.45, 7) is 7.99. The van der Waals surface area contributed by atoms with Crippen LogP contribution in [-0.2, 0) is 23.1 Å². The van der Waals surface area contributed by atoms with Crippen LogP contribution >= 0.6 is 11.3 Å². The van der Waals surface area contributed by atoms with E-state index in [1.807, 2.05) is 0 Å². The molecule has 0 unspecified atom stereocenters. The second-order valence-corrected chi connectivity index (χ2v) is 8.30. The van der Waals surface area contributed by atoms with Crippen LogP contribution in [0.25, 0.3) is 10.4 Å². The van der Waals surface area contributed by atoms with Gasteiger partial charge in [0.1, 0.15) is 5.00 Å². The van der Waals surface area contributed by atoms with Crippen molar-refractivity contribution in [3.8, 4) is 10.4 Å².